The summed E-state index contributed by atoms with van der Waals surface area (Å²) in [5, 5.41) is 3.35. The van der Waals surface area contributed by atoms with Gasteiger partial charge in [0, 0.05) is 20.2 Å². The van der Waals surface area contributed by atoms with Gasteiger partial charge in [0.15, 0.2) is 0 Å². The predicted molar refractivity (Wildman–Crippen MR) is 71.3 cm³/mol. The van der Waals surface area contributed by atoms with Crippen LogP contribution in [0.3, 0.4) is 0 Å². The highest BCUT2D eigenvalue weighted by Gasteiger charge is 2.25. The number of hydrogen-bond donors (Lipinski definition) is 1. The fraction of sp³-hybridized carbons (Fsp3) is 1.00. The Bertz CT molecular complexity index is 199. The van der Waals surface area contributed by atoms with Crippen LogP contribution >= 0.6 is 0 Å². The molecule has 0 aromatic heterocycles. The molecule has 0 aromatic carbocycles. The Kier molecular flexibility index (Phi) is 7.09. The second-order valence-corrected chi connectivity index (χ2v) is 5.53. The molecule has 0 aromatic rings. The van der Waals surface area contributed by atoms with E-state index < -0.39 is 0 Å². The standard InChI is InChI=1S/C14H29NO2/c1-11-5-6-14(9-12(11)2)17-13(3)10-15-7-8-16-4/h11-15H,5-10H2,1-4H3. The van der Waals surface area contributed by atoms with Crippen molar-refractivity contribution >= 4 is 0 Å². The third kappa shape index (κ3) is 5.84. The molecular formula is C14H29NO2. The van der Waals surface area contributed by atoms with Gasteiger partial charge in [0.2, 0.25) is 0 Å². The van der Waals surface area contributed by atoms with Gasteiger partial charge < -0.3 is 14.8 Å². The van der Waals surface area contributed by atoms with Gasteiger partial charge in [-0.3, -0.25) is 0 Å². The minimum atomic E-state index is 0.303. The minimum absolute atomic E-state index is 0.303. The van der Waals surface area contributed by atoms with Gasteiger partial charge in [-0.05, 0) is 38.0 Å². The van der Waals surface area contributed by atoms with E-state index in [0.717, 1.165) is 31.5 Å². The highest BCUT2D eigenvalue weighted by Crippen LogP contribution is 2.31. The maximum Gasteiger partial charge on any atom is 0.0675 e. The van der Waals surface area contributed by atoms with Gasteiger partial charge >= 0.3 is 0 Å². The molecule has 1 saturated carbocycles. The van der Waals surface area contributed by atoms with E-state index >= 15 is 0 Å². The van der Waals surface area contributed by atoms with E-state index in [1.807, 2.05) is 0 Å². The zero-order valence-electron chi connectivity index (χ0n) is 11.9. The van der Waals surface area contributed by atoms with Crippen LogP contribution in [0.15, 0.2) is 0 Å². The summed E-state index contributed by atoms with van der Waals surface area (Å²) < 4.78 is 11.1. The summed E-state index contributed by atoms with van der Waals surface area (Å²) in [6, 6.07) is 0. The molecule has 3 nitrogen and oxygen atoms in total. The SMILES string of the molecule is COCCNCC(C)OC1CCC(C)C(C)C1. The van der Waals surface area contributed by atoms with Crippen molar-refractivity contribution in [2.75, 3.05) is 26.8 Å². The zero-order valence-corrected chi connectivity index (χ0v) is 11.9. The summed E-state index contributed by atoms with van der Waals surface area (Å²) in [5.41, 5.74) is 0. The van der Waals surface area contributed by atoms with Gasteiger partial charge in [-0.25, -0.2) is 0 Å². The van der Waals surface area contributed by atoms with Crippen molar-refractivity contribution in [2.24, 2.45) is 11.8 Å². The van der Waals surface area contributed by atoms with Crippen LogP contribution in [0.4, 0.5) is 0 Å². The van der Waals surface area contributed by atoms with Gasteiger partial charge in [-0.2, -0.15) is 0 Å². The Morgan fingerprint density at radius 2 is 2.00 bits per heavy atom. The molecule has 4 atom stereocenters. The van der Waals surface area contributed by atoms with Gasteiger partial charge in [-0.1, -0.05) is 13.8 Å². The van der Waals surface area contributed by atoms with Crippen molar-refractivity contribution < 1.29 is 9.47 Å². The van der Waals surface area contributed by atoms with E-state index in [4.69, 9.17) is 9.47 Å². The molecule has 1 rings (SSSR count). The van der Waals surface area contributed by atoms with Gasteiger partial charge in [0.25, 0.3) is 0 Å². The molecule has 0 radical (unpaired) electrons. The quantitative estimate of drug-likeness (QED) is 0.697. The van der Waals surface area contributed by atoms with E-state index in [1.165, 1.54) is 19.3 Å². The van der Waals surface area contributed by atoms with Crippen LogP contribution in [0.25, 0.3) is 0 Å². The average Bonchev–Trinajstić information content (AvgIpc) is 2.30. The Balaban J connectivity index is 2.11. The highest BCUT2D eigenvalue weighted by molar-refractivity contribution is 4.76. The molecule has 0 spiro atoms. The Hall–Kier alpha value is -0.120. The fourth-order valence-electron chi connectivity index (χ4n) is 2.48. The third-order valence-corrected chi connectivity index (χ3v) is 3.89. The Morgan fingerprint density at radius 1 is 1.24 bits per heavy atom. The molecule has 3 heteroatoms. The first kappa shape index (κ1) is 14.9. The van der Waals surface area contributed by atoms with E-state index in [1.54, 1.807) is 7.11 Å². The van der Waals surface area contributed by atoms with Crippen LogP contribution in [-0.4, -0.2) is 39.0 Å². The molecule has 0 aliphatic heterocycles. The van der Waals surface area contributed by atoms with Gasteiger partial charge in [0.1, 0.15) is 0 Å². The van der Waals surface area contributed by atoms with Crippen molar-refractivity contribution in [1.29, 1.82) is 0 Å². The molecule has 1 fully saturated rings. The van der Waals surface area contributed by atoms with E-state index in [-0.39, 0.29) is 0 Å². The average molecular weight is 243 g/mol. The van der Waals surface area contributed by atoms with Gasteiger partial charge in [0.05, 0.1) is 18.8 Å². The highest BCUT2D eigenvalue weighted by atomic mass is 16.5. The fourth-order valence-corrected chi connectivity index (χ4v) is 2.48. The first-order chi connectivity index (χ1) is 8.13. The van der Waals surface area contributed by atoms with Crippen LogP contribution in [0.1, 0.15) is 40.0 Å². The number of rotatable bonds is 7. The van der Waals surface area contributed by atoms with Crippen molar-refractivity contribution in [1.82, 2.24) is 5.32 Å². The summed E-state index contributed by atoms with van der Waals surface area (Å²) in [6.07, 6.45) is 4.55. The van der Waals surface area contributed by atoms with Crippen LogP contribution in [0.2, 0.25) is 0 Å². The third-order valence-electron chi connectivity index (χ3n) is 3.89. The van der Waals surface area contributed by atoms with Crippen LogP contribution < -0.4 is 5.32 Å². The monoisotopic (exact) mass is 243 g/mol. The van der Waals surface area contributed by atoms with E-state index in [0.29, 0.717) is 12.2 Å². The molecule has 0 bridgehead atoms. The lowest BCUT2D eigenvalue weighted by molar-refractivity contribution is -0.0386. The van der Waals surface area contributed by atoms with E-state index in [2.05, 4.69) is 26.1 Å². The second-order valence-electron chi connectivity index (χ2n) is 5.53. The molecule has 0 heterocycles. The van der Waals surface area contributed by atoms with Crippen LogP contribution in [0, 0.1) is 11.8 Å². The Labute approximate surface area is 106 Å². The van der Waals surface area contributed by atoms with Crippen molar-refractivity contribution in [3.63, 3.8) is 0 Å². The molecule has 4 unspecified atom stereocenters. The summed E-state index contributed by atoms with van der Waals surface area (Å²) in [7, 11) is 1.73. The molecule has 102 valence electrons. The molecule has 0 amide bonds. The molecule has 1 aliphatic carbocycles. The van der Waals surface area contributed by atoms with Gasteiger partial charge in [-0.15, -0.1) is 0 Å². The number of methoxy groups -OCH3 is 1. The normalized spacial score (nSPS) is 31.4. The molecule has 0 saturated heterocycles. The molecule has 17 heavy (non-hydrogen) atoms. The summed E-state index contributed by atoms with van der Waals surface area (Å²) in [6.45, 7) is 9.46. The summed E-state index contributed by atoms with van der Waals surface area (Å²) in [4.78, 5) is 0. The number of ether oxygens (including phenoxy) is 2. The lowest BCUT2D eigenvalue weighted by Crippen LogP contribution is -2.35. The number of hydrogen-bond acceptors (Lipinski definition) is 3. The summed E-state index contributed by atoms with van der Waals surface area (Å²) in [5.74, 6) is 1.67. The molecule has 1 aliphatic rings. The first-order valence-corrected chi connectivity index (χ1v) is 6.98. The Morgan fingerprint density at radius 3 is 2.65 bits per heavy atom. The van der Waals surface area contributed by atoms with E-state index in [9.17, 15) is 0 Å². The maximum atomic E-state index is 6.09. The minimum Gasteiger partial charge on any atom is -0.383 e. The van der Waals surface area contributed by atoms with Crippen LogP contribution in [-0.2, 0) is 9.47 Å². The smallest absolute Gasteiger partial charge is 0.0675 e. The second kappa shape index (κ2) is 8.06. The molecular weight excluding hydrogens is 214 g/mol. The van der Waals surface area contributed by atoms with Crippen LogP contribution in [0.5, 0.6) is 0 Å². The lowest BCUT2D eigenvalue weighted by Gasteiger charge is -2.33. The van der Waals surface area contributed by atoms with Crippen molar-refractivity contribution in [3.05, 3.63) is 0 Å². The molecule has 1 N–H and O–H groups in total. The maximum absolute atomic E-state index is 6.09. The lowest BCUT2D eigenvalue weighted by atomic mass is 9.80. The summed E-state index contributed by atoms with van der Waals surface area (Å²) >= 11 is 0. The van der Waals surface area contributed by atoms with Crippen molar-refractivity contribution in [3.8, 4) is 0 Å². The van der Waals surface area contributed by atoms with Crippen molar-refractivity contribution in [2.45, 2.75) is 52.2 Å². The predicted octanol–water partition coefficient (Wildman–Crippen LogP) is 2.45. The first-order valence-electron chi connectivity index (χ1n) is 6.98. The largest absolute Gasteiger partial charge is 0.383 e. The zero-order chi connectivity index (χ0) is 12.7. The number of nitrogens with one attached hydrogen (secondary N) is 1. The topological polar surface area (TPSA) is 30.5 Å².